The Kier molecular flexibility index (Phi) is 5.10. The Bertz CT molecular complexity index is 264. The highest BCUT2D eigenvalue weighted by Crippen LogP contribution is 2.29. The van der Waals surface area contributed by atoms with Crippen LogP contribution in [-0.2, 0) is 4.79 Å². The predicted octanol–water partition coefficient (Wildman–Crippen LogP) is 3.24. The quantitative estimate of drug-likeness (QED) is 0.401. The van der Waals surface area contributed by atoms with Crippen molar-refractivity contribution in [3.8, 4) is 6.07 Å². The molecule has 1 rings (SSSR count). The van der Waals surface area contributed by atoms with Crippen LogP contribution in [0.3, 0.4) is 0 Å². The highest BCUT2D eigenvalue weighted by atomic mass is 16.1. The van der Waals surface area contributed by atoms with E-state index < -0.39 is 0 Å². The maximum absolute atomic E-state index is 11.6. The van der Waals surface area contributed by atoms with E-state index in [4.69, 9.17) is 5.26 Å². The summed E-state index contributed by atoms with van der Waals surface area (Å²) in [7, 11) is 0. The Morgan fingerprint density at radius 3 is 3.00 bits per heavy atom. The van der Waals surface area contributed by atoms with Crippen LogP contribution in [0.5, 0.6) is 0 Å². The molecule has 2 atom stereocenters. The van der Waals surface area contributed by atoms with Crippen molar-refractivity contribution in [2.24, 2.45) is 11.8 Å². The average molecular weight is 205 g/mol. The van der Waals surface area contributed by atoms with Crippen LogP contribution < -0.4 is 0 Å². The Hall–Kier alpha value is -1.10. The first-order valence-electron chi connectivity index (χ1n) is 5.82. The second-order valence-electron chi connectivity index (χ2n) is 4.30. The monoisotopic (exact) mass is 205 g/mol. The molecule has 82 valence electrons. The first-order valence-corrected chi connectivity index (χ1v) is 5.82. The molecule has 1 saturated carbocycles. The van der Waals surface area contributed by atoms with Gasteiger partial charge in [-0.05, 0) is 38.0 Å². The van der Waals surface area contributed by atoms with E-state index in [1.807, 2.05) is 6.08 Å². The third kappa shape index (κ3) is 3.51. The number of unbranched alkanes of at least 4 members (excludes halogenated alkanes) is 1. The Balaban J connectivity index is 2.53. The lowest BCUT2D eigenvalue weighted by Crippen LogP contribution is -2.20. The zero-order valence-electron chi connectivity index (χ0n) is 9.24. The van der Waals surface area contributed by atoms with Gasteiger partial charge in [0.05, 0.1) is 6.07 Å². The van der Waals surface area contributed by atoms with Crippen molar-refractivity contribution >= 4 is 5.78 Å². The van der Waals surface area contributed by atoms with E-state index in [2.05, 4.69) is 12.6 Å². The van der Waals surface area contributed by atoms with E-state index in [-0.39, 0.29) is 11.7 Å². The molecule has 0 amide bonds. The highest BCUT2D eigenvalue weighted by molar-refractivity contribution is 5.83. The lowest BCUT2D eigenvalue weighted by Gasteiger charge is -2.17. The van der Waals surface area contributed by atoms with E-state index in [1.165, 1.54) is 0 Å². The standard InChI is InChI=1S/C13H19NO/c1-2-3-4-7-11-8-5-6-9-13(15)12(11)10-14/h2,11-12H,1,3-9H2/t11-,12+/m1/s1. The van der Waals surface area contributed by atoms with Gasteiger partial charge in [0.2, 0.25) is 0 Å². The summed E-state index contributed by atoms with van der Waals surface area (Å²) in [6, 6.07) is 2.20. The van der Waals surface area contributed by atoms with Crippen LogP contribution in [0.2, 0.25) is 0 Å². The number of rotatable bonds is 4. The van der Waals surface area contributed by atoms with Crippen LogP contribution in [0.1, 0.15) is 44.9 Å². The maximum atomic E-state index is 11.6. The second kappa shape index (κ2) is 6.40. The predicted molar refractivity (Wildman–Crippen MR) is 60.1 cm³/mol. The number of carbonyl (C=O) groups excluding carboxylic acids is 1. The molecule has 15 heavy (non-hydrogen) atoms. The summed E-state index contributed by atoms with van der Waals surface area (Å²) in [6.07, 6.45) is 8.66. The minimum Gasteiger partial charge on any atom is -0.298 e. The van der Waals surface area contributed by atoms with Gasteiger partial charge in [-0.25, -0.2) is 0 Å². The van der Waals surface area contributed by atoms with Crippen molar-refractivity contribution in [1.29, 1.82) is 5.26 Å². The van der Waals surface area contributed by atoms with E-state index in [0.29, 0.717) is 12.3 Å². The van der Waals surface area contributed by atoms with E-state index in [1.54, 1.807) is 0 Å². The molecule has 0 saturated heterocycles. The topological polar surface area (TPSA) is 40.9 Å². The van der Waals surface area contributed by atoms with Gasteiger partial charge in [-0.1, -0.05) is 12.5 Å². The zero-order valence-corrected chi connectivity index (χ0v) is 9.24. The maximum Gasteiger partial charge on any atom is 0.150 e. The number of ketones is 1. The van der Waals surface area contributed by atoms with Crippen LogP contribution >= 0.6 is 0 Å². The molecular weight excluding hydrogens is 186 g/mol. The van der Waals surface area contributed by atoms with E-state index in [9.17, 15) is 4.79 Å². The number of allylic oxidation sites excluding steroid dienone is 1. The fourth-order valence-electron chi connectivity index (χ4n) is 2.30. The van der Waals surface area contributed by atoms with Gasteiger partial charge in [0.15, 0.2) is 0 Å². The Morgan fingerprint density at radius 2 is 2.33 bits per heavy atom. The number of hydrogen-bond acceptors (Lipinski definition) is 2. The summed E-state index contributed by atoms with van der Waals surface area (Å²) >= 11 is 0. The number of hydrogen-bond donors (Lipinski definition) is 0. The molecule has 0 unspecified atom stereocenters. The number of nitrogens with zero attached hydrogens (tertiary/aromatic N) is 1. The minimum absolute atomic E-state index is 0.165. The lowest BCUT2D eigenvalue weighted by molar-refractivity contribution is -0.122. The van der Waals surface area contributed by atoms with Crippen LogP contribution in [0, 0.1) is 23.2 Å². The molecule has 0 radical (unpaired) electrons. The molecule has 0 N–H and O–H groups in total. The normalized spacial score (nSPS) is 26.7. The summed E-state index contributed by atoms with van der Waals surface area (Å²) in [6.45, 7) is 3.68. The van der Waals surface area contributed by atoms with Gasteiger partial charge >= 0.3 is 0 Å². The molecule has 0 aromatic heterocycles. The minimum atomic E-state index is -0.336. The Morgan fingerprint density at radius 1 is 1.53 bits per heavy atom. The van der Waals surface area contributed by atoms with Crippen LogP contribution in [0.25, 0.3) is 0 Å². The summed E-state index contributed by atoms with van der Waals surface area (Å²) in [5.41, 5.74) is 0. The molecule has 0 aromatic carbocycles. The van der Waals surface area contributed by atoms with Crippen molar-refractivity contribution < 1.29 is 4.79 Å². The summed E-state index contributed by atoms with van der Waals surface area (Å²) < 4.78 is 0. The van der Waals surface area contributed by atoms with Crippen LogP contribution in [-0.4, -0.2) is 5.78 Å². The molecule has 0 heterocycles. The van der Waals surface area contributed by atoms with Crippen molar-refractivity contribution in [1.82, 2.24) is 0 Å². The van der Waals surface area contributed by atoms with Gasteiger partial charge < -0.3 is 0 Å². The fourth-order valence-corrected chi connectivity index (χ4v) is 2.30. The molecule has 0 spiro atoms. The first-order chi connectivity index (χ1) is 7.29. The molecule has 0 bridgehead atoms. The van der Waals surface area contributed by atoms with Gasteiger partial charge in [0.1, 0.15) is 11.7 Å². The zero-order chi connectivity index (χ0) is 11.1. The van der Waals surface area contributed by atoms with Crippen molar-refractivity contribution in [3.63, 3.8) is 0 Å². The molecule has 2 nitrogen and oxygen atoms in total. The van der Waals surface area contributed by atoms with Crippen LogP contribution in [0.4, 0.5) is 0 Å². The smallest absolute Gasteiger partial charge is 0.150 e. The second-order valence-corrected chi connectivity index (χ2v) is 4.30. The molecule has 1 aliphatic rings. The average Bonchev–Trinajstić information content (AvgIpc) is 2.41. The molecule has 0 aliphatic heterocycles. The first kappa shape index (κ1) is 12.0. The molecular formula is C13H19NO. The van der Waals surface area contributed by atoms with Gasteiger partial charge in [-0.3, -0.25) is 4.79 Å². The van der Waals surface area contributed by atoms with E-state index in [0.717, 1.165) is 38.5 Å². The van der Waals surface area contributed by atoms with Gasteiger partial charge in [-0.15, -0.1) is 6.58 Å². The van der Waals surface area contributed by atoms with Gasteiger partial charge in [0, 0.05) is 6.42 Å². The van der Waals surface area contributed by atoms with Crippen LogP contribution in [0.15, 0.2) is 12.7 Å². The lowest BCUT2D eigenvalue weighted by atomic mass is 9.84. The Labute approximate surface area is 92.0 Å². The SMILES string of the molecule is C=CCCC[C@@H]1CCCCC(=O)[C@H]1C#N. The summed E-state index contributed by atoms with van der Waals surface area (Å²) in [5, 5.41) is 9.02. The number of nitriles is 1. The van der Waals surface area contributed by atoms with Crippen molar-refractivity contribution in [3.05, 3.63) is 12.7 Å². The highest BCUT2D eigenvalue weighted by Gasteiger charge is 2.29. The van der Waals surface area contributed by atoms with Gasteiger partial charge in [-0.2, -0.15) is 5.26 Å². The van der Waals surface area contributed by atoms with E-state index >= 15 is 0 Å². The fraction of sp³-hybridized carbons (Fsp3) is 0.692. The summed E-state index contributed by atoms with van der Waals surface area (Å²) in [4.78, 5) is 11.6. The molecule has 2 heteroatoms. The number of Topliss-reactive ketones (excluding diaryl/α,β-unsaturated/α-hetero) is 1. The molecule has 1 fully saturated rings. The molecule has 0 aromatic rings. The number of carbonyl (C=O) groups is 1. The van der Waals surface area contributed by atoms with Crippen molar-refractivity contribution in [2.75, 3.05) is 0 Å². The third-order valence-electron chi connectivity index (χ3n) is 3.19. The summed E-state index contributed by atoms with van der Waals surface area (Å²) in [5.74, 6) is 0.126. The third-order valence-corrected chi connectivity index (χ3v) is 3.19. The van der Waals surface area contributed by atoms with Gasteiger partial charge in [0.25, 0.3) is 0 Å². The molecule has 1 aliphatic carbocycles. The van der Waals surface area contributed by atoms with Crippen molar-refractivity contribution in [2.45, 2.75) is 44.9 Å². The largest absolute Gasteiger partial charge is 0.298 e.